The van der Waals surface area contributed by atoms with E-state index in [1.54, 1.807) is 0 Å². The van der Waals surface area contributed by atoms with Gasteiger partial charge in [-0.05, 0) is 25.7 Å². The van der Waals surface area contributed by atoms with Crippen molar-refractivity contribution in [1.29, 1.82) is 0 Å². The molecule has 1 heterocycles. The number of hydrogen-bond acceptors (Lipinski definition) is 2. The van der Waals surface area contributed by atoms with Gasteiger partial charge in [0.1, 0.15) is 0 Å². The van der Waals surface area contributed by atoms with E-state index in [2.05, 4.69) is 12.2 Å². The number of hydrogen-bond donors (Lipinski definition) is 1. The quantitative estimate of drug-likeness (QED) is 0.800. The van der Waals surface area contributed by atoms with Gasteiger partial charge in [-0.15, -0.1) is 11.6 Å². The van der Waals surface area contributed by atoms with Crippen molar-refractivity contribution >= 4 is 17.5 Å². The van der Waals surface area contributed by atoms with Crippen LogP contribution in [0, 0.1) is 5.92 Å². The first-order chi connectivity index (χ1) is 8.71. The largest absolute Gasteiger partial charge is 0.377 e. The zero-order chi connectivity index (χ0) is 13.0. The third kappa shape index (κ3) is 3.00. The summed E-state index contributed by atoms with van der Waals surface area (Å²) in [5.74, 6) is 0.710. The van der Waals surface area contributed by atoms with Crippen molar-refractivity contribution in [2.75, 3.05) is 12.5 Å². The molecule has 0 spiro atoms. The summed E-state index contributed by atoms with van der Waals surface area (Å²) in [7, 11) is 0. The third-order valence-electron chi connectivity index (χ3n) is 4.40. The van der Waals surface area contributed by atoms with E-state index < -0.39 is 0 Å². The molecule has 104 valence electrons. The molecule has 2 fully saturated rings. The summed E-state index contributed by atoms with van der Waals surface area (Å²) in [5.41, 5.74) is -0.155. The number of halogens is 1. The predicted molar refractivity (Wildman–Crippen MR) is 72.8 cm³/mol. The van der Waals surface area contributed by atoms with Crippen LogP contribution in [-0.4, -0.2) is 30.0 Å². The van der Waals surface area contributed by atoms with Crippen LogP contribution in [0.5, 0.6) is 0 Å². The zero-order valence-electron chi connectivity index (χ0n) is 11.2. The standard InChI is InChI=1S/C14H24ClNO2/c1-2-12-11(6-9-18-12)13(17)16-14(10-15)7-4-3-5-8-14/h11-12H,2-10H2,1H3,(H,16,17). The number of rotatable bonds is 4. The van der Waals surface area contributed by atoms with Crippen molar-refractivity contribution in [1.82, 2.24) is 5.32 Å². The monoisotopic (exact) mass is 273 g/mol. The van der Waals surface area contributed by atoms with Crippen LogP contribution in [-0.2, 0) is 9.53 Å². The van der Waals surface area contributed by atoms with Crippen molar-refractivity contribution in [2.45, 2.75) is 63.5 Å². The van der Waals surface area contributed by atoms with Gasteiger partial charge in [0.25, 0.3) is 0 Å². The van der Waals surface area contributed by atoms with Gasteiger partial charge in [0.2, 0.25) is 5.91 Å². The first kappa shape index (κ1) is 14.1. The lowest BCUT2D eigenvalue weighted by Gasteiger charge is -2.37. The average Bonchev–Trinajstić information content (AvgIpc) is 2.88. The highest BCUT2D eigenvalue weighted by Gasteiger charge is 2.38. The van der Waals surface area contributed by atoms with Crippen LogP contribution in [0.3, 0.4) is 0 Å². The molecule has 0 aromatic rings. The van der Waals surface area contributed by atoms with Crippen LogP contribution in [0.4, 0.5) is 0 Å². The summed E-state index contributed by atoms with van der Waals surface area (Å²) < 4.78 is 5.60. The van der Waals surface area contributed by atoms with E-state index in [0.717, 1.165) is 25.7 Å². The fourth-order valence-electron chi connectivity index (χ4n) is 3.23. The second-order valence-electron chi connectivity index (χ2n) is 5.68. The predicted octanol–water partition coefficient (Wildman–Crippen LogP) is 2.86. The lowest BCUT2D eigenvalue weighted by atomic mass is 9.82. The van der Waals surface area contributed by atoms with E-state index in [9.17, 15) is 4.79 Å². The molecule has 1 amide bonds. The summed E-state index contributed by atoms with van der Waals surface area (Å²) in [6.45, 7) is 2.79. The Bertz CT molecular complexity index is 290. The highest BCUT2D eigenvalue weighted by molar-refractivity contribution is 6.18. The molecule has 1 N–H and O–H groups in total. The van der Waals surface area contributed by atoms with E-state index >= 15 is 0 Å². The van der Waals surface area contributed by atoms with Crippen molar-refractivity contribution in [2.24, 2.45) is 5.92 Å². The number of nitrogens with one attached hydrogen (secondary N) is 1. The van der Waals surface area contributed by atoms with E-state index in [1.807, 2.05) is 0 Å². The zero-order valence-corrected chi connectivity index (χ0v) is 12.0. The Morgan fingerprint density at radius 1 is 1.39 bits per heavy atom. The van der Waals surface area contributed by atoms with Crippen molar-refractivity contribution in [3.63, 3.8) is 0 Å². The van der Waals surface area contributed by atoms with Gasteiger partial charge in [-0.1, -0.05) is 26.2 Å². The molecule has 2 rings (SSSR count). The molecular formula is C14H24ClNO2. The number of ether oxygens (including phenoxy) is 1. The van der Waals surface area contributed by atoms with E-state index in [1.165, 1.54) is 19.3 Å². The van der Waals surface area contributed by atoms with Gasteiger partial charge in [0, 0.05) is 12.5 Å². The Balaban J connectivity index is 1.96. The van der Waals surface area contributed by atoms with Crippen molar-refractivity contribution < 1.29 is 9.53 Å². The fraction of sp³-hybridized carbons (Fsp3) is 0.929. The average molecular weight is 274 g/mol. The molecular weight excluding hydrogens is 250 g/mol. The Hall–Kier alpha value is -0.280. The fourth-order valence-corrected chi connectivity index (χ4v) is 3.56. The van der Waals surface area contributed by atoms with Gasteiger partial charge < -0.3 is 10.1 Å². The molecule has 3 nitrogen and oxygen atoms in total. The van der Waals surface area contributed by atoms with E-state index in [0.29, 0.717) is 12.5 Å². The first-order valence-electron chi connectivity index (χ1n) is 7.20. The van der Waals surface area contributed by atoms with Crippen molar-refractivity contribution in [3.05, 3.63) is 0 Å². The normalized spacial score (nSPS) is 31.2. The maximum Gasteiger partial charge on any atom is 0.226 e. The summed E-state index contributed by atoms with van der Waals surface area (Å²) in [4.78, 5) is 12.4. The number of carbonyl (C=O) groups excluding carboxylic acids is 1. The Kier molecular flexibility index (Phi) is 4.91. The number of alkyl halides is 1. The minimum atomic E-state index is -0.155. The van der Waals surface area contributed by atoms with Gasteiger partial charge in [-0.2, -0.15) is 0 Å². The maximum absolute atomic E-state index is 12.4. The van der Waals surface area contributed by atoms with Gasteiger partial charge in [-0.3, -0.25) is 4.79 Å². The highest BCUT2D eigenvalue weighted by Crippen LogP contribution is 2.31. The molecule has 0 radical (unpaired) electrons. The van der Waals surface area contributed by atoms with Crippen LogP contribution in [0.25, 0.3) is 0 Å². The van der Waals surface area contributed by atoms with E-state index in [-0.39, 0.29) is 23.5 Å². The van der Waals surface area contributed by atoms with Gasteiger partial charge in [0.15, 0.2) is 0 Å². The van der Waals surface area contributed by atoms with Crippen LogP contribution < -0.4 is 5.32 Å². The van der Waals surface area contributed by atoms with Gasteiger partial charge in [0.05, 0.1) is 17.6 Å². The molecule has 2 aliphatic rings. The van der Waals surface area contributed by atoms with Crippen molar-refractivity contribution in [3.8, 4) is 0 Å². The third-order valence-corrected chi connectivity index (χ3v) is 4.92. The SMILES string of the molecule is CCC1OCCC1C(=O)NC1(CCl)CCCCC1. The smallest absolute Gasteiger partial charge is 0.226 e. The molecule has 1 saturated heterocycles. The van der Waals surface area contributed by atoms with Crippen LogP contribution >= 0.6 is 11.6 Å². The Labute approximate surface area is 115 Å². The van der Waals surface area contributed by atoms with Crippen LogP contribution in [0.15, 0.2) is 0 Å². The molecule has 1 aliphatic carbocycles. The summed E-state index contributed by atoms with van der Waals surface area (Å²) >= 11 is 6.11. The first-order valence-corrected chi connectivity index (χ1v) is 7.74. The number of carbonyl (C=O) groups is 1. The van der Waals surface area contributed by atoms with Crippen LogP contribution in [0.2, 0.25) is 0 Å². The Morgan fingerprint density at radius 3 is 2.72 bits per heavy atom. The molecule has 1 saturated carbocycles. The lowest BCUT2D eigenvalue weighted by Crippen LogP contribution is -2.53. The molecule has 2 unspecified atom stereocenters. The summed E-state index contributed by atoms with van der Waals surface area (Å²) in [6, 6.07) is 0. The molecule has 18 heavy (non-hydrogen) atoms. The molecule has 0 bridgehead atoms. The molecule has 2 atom stereocenters. The van der Waals surface area contributed by atoms with Gasteiger partial charge in [-0.25, -0.2) is 0 Å². The topological polar surface area (TPSA) is 38.3 Å². The summed E-state index contributed by atoms with van der Waals surface area (Å²) in [6.07, 6.45) is 7.50. The molecule has 4 heteroatoms. The van der Waals surface area contributed by atoms with Crippen LogP contribution in [0.1, 0.15) is 51.9 Å². The van der Waals surface area contributed by atoms with Gasteiger partial charge >= 0.3 is 0 Å². The van der Waals surface area contributed by atoms with E-state index in [4.69, 9.17) is 16.3 Å². The molecule has 1 aliphatic heterocycles. The lowest BCUT2D eigenvalue weighted by molar-refractivity contribution is -0.128. The second-order valence-corrected chi connectivity index (χ2v) is 5.94. The minimum absolute atomic E-state index is 0.0250. The number of amides is 1. The maximum atomic E-state index is 12.4. The molecule has 0 aromatic carbocycles. The second kappa shape index (κ2) is 6.25. The Morgan fingerprint density at radius 2 is 2.11 bits per heavy atom. The summed E-state index contributed by atoms with van der Waals surface area (Å²) in [5, 5.41) is 3.24. The highest BCUT2D eigenvalue weighted by atomic mass is 35.5. The molecule has 0 aromatic heterocycles. The minimum Gasteiger partial charge on any atom is -0.377 e.